The normalized spacial score (nSPS) is 11.9. The summed E-state index contributed by atoms with van der Waals surface area (Å²) in [5.41, 5.74) is 0.536. The van der Waals surface area contributed by atoms with Gasteiger partial charge in [-0.15, -0.1) is 11.3 Å². The predicted octanol–water partition coefficient (Wildman–Crippen LogP) is 3.80. The van der Waals surface area contributed by atoms with Crippen molar-refractivity contribution in [3.8, 4) is 12.0 Å². The van der Waals surface area contributed by atoms with Gasteiger partial charge in [0.05, 0.1) is 6.04 Å². The number of rotatable bonds is 4. The number of nitrogens with zero attached hydrogens (tertiary/aromatic N) is 2. The van der Waals surface area contributed by atoms with Crippen molar-refractivity contribution in [1.82, 2.24) is 9.88 Å². The lowest BCUT2D eigenvalue weighted by Gasteiger charge is -2.11. The summed E-state index contributed by atoms with van der Waals surface area (Å²) in [4.78, 5) is 13.7. The summed E-state index contributed by atoms with van der Waals surface area (Å²) in [6.45, 7) is 3.61. The quantitative estimate of drug-likeness (QED) is 0.793. The van der Waals surface area contributed by atoms with E-state index in [1.165, 1.54) is 0 Å². The maximum Gasteiger partial charge on any atom is 0.256 e. The molecule has 0 aromatic carbocycles. The average molecular weight is 325 g/mol. The van der Waals surface area contributed by atoms with E-state index in [-0.39, 0.29) is 17.5 Å². The molecule has 3 rings (SSSR count). The Labute approximate surface area is 137 Å². The van der Waals surface area contributed by atoms with E-state index in [9.17, 15) is 10.1 Å². The largest absolute Gasteiger partial charge is 0.443 e. The van der Waals surface area contributed by atoms with Crippen LogP contribution in [0.5, 0.6) is 0 Å². The van der Waals surface area contributed by atoms with Crippen LogP contribution in [0.3, 0.4) is 0 Å². The minimum Gasteiger partial charge on any atom is -0.443 e. The van der Waals surface area contributed by atoms with Crippen LogP contribution >= 0.6 is 11.3 Å². The second kappa shape index (κ2) is 6.15. The van der Waals surface area contributed by atoms with E-state index < -0.39 is 0 Å². The van der Waals surface area contributed by atoms with Gasteiger partial charge >= 0.3 is 0 Å². The Kier molecular flexibility index (Phi) is 4.04. The first-order chi connectivity index (χ1) is 11.1. The van der Waals surface area contributed by atoms with Gasteiger partial charge in [-0.25, -0.2) is 0 Å². The second-order valence-corrected chi connectivity index (χ2v) is 6.11. The Morgan fingerprint density at radius 1 is 1.39 bits per heavy atom. The number of carbonyl (C=O) groups excluding carboxylic acids is 1. The summed E-state index contributed by atoms with van der Waals surface area (Å²) in [7, 11) is 0. The van der Waals surface area contributed by atoms with Gasteiger partial charge in [0.15, 0.2) is 0 Å². The summed E-state index contributed by atoms with van der Waals surface area (Å²) < 4.78 is 7.34. The Morgan fingerprint density at radius 3 is 2.74 bits per heavy atom. The summed E-state index contributed by atoms with van der Waals surface area (Å²) in [6, 6.07) is 9.53. The molecule has 6 heteroatoms. The van der Waals surface area contributed by atoms with E-state index in [0.717, 1.165) is 4.88 Å². The molecular formula is C17H15N3O2S. The van der Waals surface area contributed by atoms with Gasteiger partial charge in [-0.2, -0.15) is 5.26 Å². The molecule has 0 spiro atoms. The van der Waals surface area contributed by atoms with E-state index in [4.69, 9.17) is 4.42 Å². The van der Waals surface area contributed by atoms with Gasteiger partial charge in [0.25, 0.3) is 5.91 Å². The molecule has 0 bridgehead atoms. The van der Waals surface area contributed by atoms with Crippen LogP contribution < -0.4 is 5.32 Å². The van der Waals surface area contributed by atoms with E-state index in [2.05, 4.69) is 11.4 Å². The van der Waals surface area contributed by atoms with Gasteiger partial charge in [0, 0.05) is 17.3 Å². The zero-order valence-electron chi connectivity index (χ0n) is 12.7. The summed E-state index contributed by atoms with van der Waals surface area (Å²) in [6.07, 6.45) is 3.55. The molecule has 0 aliphatic heterocycles. The molecule has 0 aliphatic rings. The highest BCUT2D eigenvalue weighted by molar-refractivity contribution is 7.10. The highest BCUT2D eigenvalue weighted by atomic mass is 32.1. The van der Waals surface area contributed by atoms with Gasteiger partial charge in [-0.1, -0.05) is 6.07 Å². The van der Waals surface area contributed by atoms with Gasteiger partial charge in [-0.05, 0) is 37.4 Å². The smallest absolute Gasteiger partial charge is 0.256 e. The summed E-state index contributed by atoms with van der Waals surface area (Å²) in [5.74, 6) is 0.493. The van der Waals surface area contributed by atoms with Crippen molar-refractivity contribution in [2.24, 2.45) is 0 Å². The lowest BCUT2D eigenvalue weighted by Crippen LogP contribution is -2.27. The predicted molar refractivity (Wildman–Crippen MR) is 87.7 cm³/mol. The molecule has 1 N–H and O–H groups in total. The zero-order valence-corrected chi connectivity index (χ0v) is 13.6. The molecule has 23 heavy (non-hydrogen) atoms. The molecular weight excluding hydrogens is 310 g/mol. The molecule has 0 aliphatic carbocycles. The van der Waals surface area contributed by atoms with Crippen molar-refractivity contribution < 1.29 is 9.21 Å². The number of aryl methyl sites for hydroxylation is 1. The van der Waals surface area contributed by atoms with Crippen molar-refractivity contribution in [2.75, 3.05) is 0 Å². The first-order valence-corrected chi connectivity index (χ1v) is 8.01. The zero-order chi connectivity index (χ0) is 16.4. The lowest BCUT2D eigenvalue weighted by atomic mass is 10.1. The highest BCUT2D eigenvalue weighted by Crippen LogP contribution is 2.26. The standard InChI is InChI=1S/C17H15N3O2S/c1-11(14-6-5-9-23-14)19-16(21)15-12(2)22-17(13(15)10-18)20-7-3-4-8-20/h3-9,11H,1-2H3,(H,19,21)/t11-/m1/s1. The number of nitrogens with one attached hydrogen (secondary N) is 1. The Hall–Kier alpha value is -2.78. The second-order valence-electron chi connectivity index (χ2n) is 5.13. The van der Waals surface area contributed by atoms with Gasteiger partial charge in [-0.3, -0.25) is 9.36 Å². The van der Waals surface area contributed by atoms with E-state index in [1.807, 2.05) is 36.6 Å². The number of hydrogen-bond acceptors (Lipinski definition) is 4. The lowest BCUT2D eigenvalue weighted by molar-refractivity contribution is 0.0938. The fraction of sp³-hybridized carbons (Fsp3) is 0.176. The molecule has 3 aromatic heterocycles. The van der Waals surface area contributed by atoms with Crippen molar-refractivity contribution in [2.45, 2.75) is 19.9 Å². The number of carbonyl (C=O) groups is 1. The molecule has 0 fully saturated rings. The molecule has 5 nitrogen and oxygen atoms in total. The van der Waals surface area contributed by atoms with Crippen LogP contribution in [0, 0.1) is 18.3 Å². The molecule has 116 valence electrons. The van der Waals surface area contributed by atoms with Crippen molar-refractivity contribution >= 4 is 17.2 Å². The topological polar surface area (TPSA) is 71.0 Å². The molecule has 0 radical (unpaired) electrons. The van der Waals surface area contributed by atoms with Gasteiger partial charge in [0.2, 0.25) is 5.88 Å². The number of furan rings is 1. The third-order valence-electron chi connectivity index (χ3n) is 3.56. The fourth-order valence-corrected chi connectivity index (χ4v) is 3.17. The minimum absolute atomic E-state index is 0.127. The summed E-state index contributed by atoms with van der Waals surface area (Å²) in [5, 5.41) is 14.4. The number of nitriles is 1. The third-order valence-corrected chi connectivity index (χ3v) is 4.62. The van der Waals surface area contributed by atoms with Crippen LogP contribution in [0.25, 0.3) is 5.88 Å². The number of aromatic nitrogens is 1. The van der Waals surface area contributed by atoms with E-state index in [1.54, 1.807) is 35.2 Å². The van der Waals surface area contributed by atoms with Crippen LogP contribution in [0.1, 0.15) is 39.5 Å². The van der Waals surface area contributed by atoms with Crippen molar-refractivity contribution in [3.63, 3.8) is 0 Å². The van der Waals surface area contributed by atoms with Crippen molar-refractivity contribution in [1.29, 1.82) is 5.26 Å². The van der Waals surface area contributed by atoms with Crippen LogP contribution in [0.15, 0.2) is 46.5 Å². The first kappa shape index (κ1) is 15.1. The Morgan fingerprint density at radius 2 is 2.13 bits per heavy atom. The Bertz CT molecular complexity index is 855. The number of amides is 1. The molecule has 1 atom stereocenters. The van der Waals surface area contributed by atoms with Crippen molar-refractivity contribution in [3.05, 3.63) is 63.8 Å². The SMILES string of the molecule is Cc1oc(-n2cccc2)c(C#N)c1C(=O)N[C@H](C)c1cccs1. The van der Waals surface area contributed by atoms with Gasteiger partial charge in [0.1, 0.15) is 23.0 Å². The van der Waals surface area contributed by atoms with Gasteiger partial charge < -0.3 is 9.73 Å². The third kappa shape index (κ3) is 2.79. The van der Waals surface area contributed by atoms with E-state index >= 15 is 0 Å². The maximum absolute atomic E-state index is 12.6. The summed E-state index contributed by atoms with van der Waals surface area (Å²) >= 11 is 1.58. The molecule has 0 unspecified atom stereocenters. The maximum atomic E-state index is 12.6. The van der Waals surface area contributed by atoms with Crippen LogP contribution in [0.2, 0.25) is 0 Å². The Balaban J connectivity index is 1.93. The average Bonchev–Trinajstić information content (AvgIpc) is 3.27. The fourth-order valence-electron chi connectivity index (χ4n) is 2.44. The molecule has 0 saturated carbocycles. The highest BCUT2D eigenvalue weighted by Gasteiger charge is 2.25. The van der Waals surface area contributed by atoms with Crippen LogP contribution in [0.4, 0.5) is 0 Å². The van der Waals surface area contributed by atoms with Crippen LogP contribution in [-0.2, 0) is 0 Å². The number of thiophene rings is 1. The van der Waals surface area contributed by atoms with E-state index in [0.29, 0.717) is 17.2 Å². The monoisotopic (exact) mass is 325 g/mol. The molecule has 3 aromatic rings. The molecule has 0 saturated heterocycles. The molecule has 1 amide bonds. The molecule has 3 heterocycles. The first-order valence-electron chi connectivity index (χ1n) is 7.13. The number of hydrogen-bond donors (Lipinski definition) is 1. The minimum atomic E-state index is -0.304. The van der Waals surface area contributed by atoms with Crippen LogP contribution in [-0.4, -0.2) is 10.5 Å².